The van der Waals surface area contributed by atoms with Gasteiger partial charge in [-0.05, 0) is 6.92 Å². The van der Waals surface area contributed by atoms with Gasteiger partial charge in [0, 0.05) is 19.0 Å². The second-order valence-electron chi connectivity index (χ2n) is 1.10. The van der Waals surface area contributed by atoms with E-state index < -0.39 is 0 Å². The zero-order valence-corrected chi connectivity index (χ0v) is 7.00. The summed E-state index contributed by atoms with van der Waals surface area (Å²) in [6.45, 7) is 2.83. The third kappa shape index (κ3) is 6.07. The van der Waals surface area contributed by atoms with E-state index in [0.717, 1.165) is 11.1 Å². The van der Waals surface area contributed by atoms with Crippen molar-refractivity contribution in [2.45, 2.75) is 6.92 Å². The fourth-order valence-electron chi connectivity index (χ4n) is 0.240. The van der Waals surface area contributed by atoms with Gasteiger partial charge in [0.05, 0.1) is 4.55 Å². The highest BCUT2D eigenvalue weighted by Crippen LogP contribution is 1.77. The third-order valence-corrected chi connectivity index (χ3v) is 0.923. The third-order valence-electron chi connectivity index (χ3n) is 0.529. The second kappa shape index (κ2) is 7.07. The van der Waals surface area contributed by atoms with Gasteiger partial charge in [0.15, 0.2) is 0 Å². The first-order chi connectivity index (χ1) is 3.91. The van der Waals surface area contributed by atoms with Crippen molar-refractivity contribution in [1.29, 1.82) is 0 Å². The van der Waals surface area contributed by atoms with Gasteiger partial charge in [0.25, 0.3) is 0 Å². The van der Waals surface area contributed by atoms with Crippen molar-refractivity contribution < 1.29 is 0 Å². The summed E-state index contributed by atoms with van der Waals surface area (Å²) in [5, 5.41) is 0. The van der Waals surface area contributed by atoms with Crippen LogP contribution in [0.25, 0.3) is 0 Å². The summed E-state index contributed by atoms with van der Waals surface area (Å²) >= 11 is 2.18. The summed E-state index contributed by atoms with van der Waals surface area (Å²) < 4.78 is 0.813. The molecule has 0 saturated carbocycles. The van der Waals surface area contributed by atoms with Crippen molar-refractivity contribution in [3.8, 4) is 0 Å². The van der Waals surface area contributed by atoms with Crippen LogP contribution < -0.4 is 0 Å². The molecule has 0 radical (unpaired) electrons. The molecule has 46 valence electrons. The molecule has 0 spiro atoms. The van der Waals surface area contributed by atoms with Crippen molar-refractivity contribution in [2.75, 3.05) is 11.1 Å². The lowest BCUT2D eigenvalue weighted by molar-refractivity contribution is 1.14. The van der Waals surface area contributed by atoms with Gasteiger partial charge in [-0.2, -0.15) is 0 Å². The van der Waals surface area contributed by atoms with Crippen LogP contribution in [0.1, 0.15) is 6.92 Å². The highest BCUT2D eigenvalue weighted by molar-refractivity contribution is 14.1. The van der Waals surface area contributed by atoms with Gasteiger partial charge in [0.1, 0.15) is 0 Å². The van der Waals surface area contributed by atoms with Crippen LogP contribution in [0, 0.1) is 0 Å². The summed E-state index contributed by atoms with van der Waals surface area (Å²) in [5.41, 5.74) is 0. The summed E-state index contributed by atoms with van der Waals surface area (Å²) in [6.07, 6.45) is 3.44. The molecule has 3 heteroatoms. The van der Waals surface area contributed by atoms with E-state index >= 15 is 0 Å². The zero-order chi connectivity index (χ0) is 6.24. The summed E-state index contributed by atoms with van der Waals surface area (Å²) in [6, 6.07) is 0. The lowest BCUT2D eigenvalue weighted by atomic mass is 10.7. The number of rotatable bonds is 3. The van der Waals surface area contributed by atoms with Gasteiger partial charge in [-0.3, -0.25) is 9.98 Å². The molecule has 0 saturated heterocycles. The van der Waals surface area contributed by atoms with Gasteiger partial charge in [0.2, 0.25) is 0 Å². The Morgan fingerprint density at radius 3 is 2.50 bits per heavy atom. The van der Waals surface area contributed by atoms with Crippen LogP contribution in [0.15, 0.2) is 9.98 Å². The molecule has 0 aliphatic carbocycles. The van der Waals surface area contributed by atoms with Crippen LogP contribution >= 0.6 is 22.6 Å². The van der Waals surface area contributed by atoms with Crippen LogP contribution in [0.2, 0.25) is 0 Å². The number of aliphatic imine (C=N–C) groups is 2. The number of hydrogen-bond donors (Lipinski definition) is 0. The van der Waals surface area contributed by atoms with Crippen LogP contribution in [0.3, 0.4) is 0 Å². The molecule has 0 aliphatic rings. The van der Waals surface area contributed by atoms with Gasteiger partial charge in [-0.1, -0.05) is 22.6 Å². The van der Waals surface area contributed by atoms with Gasteiger partial charge >= 0.3 is 0 Å². The highest BCUT2D eigenvalue weighted by atomic mass is 127. The standard InChI is InChI=1S/C5H9IN2/c1-2-7-3-4-8-5-6/h3-4H,2,5H2,1H3. The summed E-state index contributed by atoms with van der Waals surface area (Å²) in [4.78, 5) is 7.85. The Hall–Kier alpha value is 0.0700. The predicted octanol–water partition coefficient (Wildman–Crippen LogP) is 1.54. The minimum Gasteiger partial charge on any atom is -0.292 e. The second-order valence-corrected chi connectivity index (χ2v) is 1.78. The fraction of sp³-hybridized carbons (Fsp3) is 0.600. The molecule has 0 rings (SSSR count). The first-order valence-electron chi connectivity index (χ1n) is 2.46. The molecule has 0 fully saturated rings. The molecule has 0 atom stereocenters. The molecule has 0 aliphatic heterocycles. The van der Waals surface area contributed by atoms with E-state index in [1.54, 1.807) is 12.4 Å². The fourth-order valence-corrected chi connectivity index (χ4v) is 0.467. The average molecular weight is 224 g/mol. The van der Waals surface area contributed by atoms with Crippen LogP contribution in [0.5, 0.6) is 0 Å². The minimum absolute atomic E-state index is 0.813. The van der Waals surface area contributed by atoms with Crippen LogP contribution in [-0.4, -0.2) is 23.5 Å². The van der Waals surface area contributed by atoms with Gasteiger partial charge in [-0.25, -0.2) is 0 Å². The van der Waals surface area contributed by atoms with E-state index in [1.807, 2.05) is 6.92 Å². The Morgan fingerprint density at radius 2 is 2.00 bits per heavy atom. The topological polar surface area (TPSA) is 24.7 Å². The van der Waals surface area contributed by atoms with Crippen LogP contribution in [0.4, 0.5) is 0 Å². The van der Waals surface area contributed by atoms with E-state index in [9.17, 15) is 0 Å². The highest BCUT2D eigenvalue weighted by Gasteiger charge is 1.62. The number of nitrogens with zero attached hydrogens (tertiary/aromatic N) is 2. The van der Waals surface area contributed by atoms with Gasteiger partial charge < -0.3 is 0 Å². The van der Waals surface area contributed by atoms with Gasteiger partial charge in [-0.15, -0.1) is 0 Å². The Bertz CT molecular complexity index is 76.4. The number of alkyl halides is 1. The molecule has 0 aromatic carbocycles. The molecule has 8 heavy (non-hydrogen) atoms. The van der Waals surface area contributed by atoms with E-state index in [4.69, 9.17) is 0 Å². The SMILES string of the molecule is CCN=CC=NCI. The molecule has 2 nitrogen and oxygen atoms in total. The first-order valence-corrected chi connectivity index (χ1v) is 3.98. The maximum Gasteiger partial charge on any atom is 0.0905 e. The predicted molar refractivity (Wildman–Crippen MR) is 46.4 cm³/mol. The largest absolute Gasteiger partial charge is 0.292 e. The molecule has 0 aromatic heterocycles. The molecule has 0 N–H and O–H groups in total. The Morgan fingerprint density at radius 1 is 1.38 bits per heavy atom. The van der Waals surface area contributed by atoms with E-state index in [0.29, 0.717) is 0 Å². The quantitative estimate of drug-likeness (QED) is 0.300. The van der Waals surface area contributed by atoms with E-state index in [2.05, 4.69) is 32.6 Å². The maximum atomic E-state index is 3.93. The van der Waals surface area contributed by atoms with Crippen molar-refractivity contribution in [2.24, 2.45) is 9.98 Å². The lowest BCUT2D eigenvalue weighted by Gasteiger charge is -1.74. The number of halogens is 1. The van der Waals surface area contributed by atoms with Crippen molar-refractivity contribution >= 4 is 35.0 Å². The Balaban J connectivity index is 3.13. The Kier molecular flexibility index (Phi) is 7.13. The van der Waals surface area contributed by atoms with Crippen molar-refractivity contribution in [1.82, 2.24) is 0 Å². The Labute approximate surface area is 63.3 Å². The molecule has 0 heterocycles. The van der Waals surface area contributed by atoms with Crippen LogP contribution in [-0.2, 0) is 0 Å². The minimum atomic E-state index is 0.813. The normalized spacial score (nSPS) is 11.8. The zero-order valence-electron chi connectivity index (χ0n) is 4.84. The lowest BCUT2D eigenvalue weighted by Crippen LogP contribution is -1.76. The molecule has 0 unspecified atom stereocenters. The molecular formula is C5H9IN2. The summed E-state index contributed by atoms with van der Waals surface area (Å²) in [7, 11) is 0. The van der Waals surface area contributed by atoms with Crippen molar-refractivity contribution in [3.63, 3.8) is 0 Å². The van der Waals surface area contributed by atoms with E-state index in [-0.39, 0.29) is 0 Å². The molecular weight excluding hydrogens is 215 g/mol. The van der Waals surface area contributed by atoms with E-state index in [1.165, 1.54) is 0 Å². The monoisotopic (exact) mass is 224 g/mol. The molecule has 0 amide bonds. The average Bonchev–Trinajstić information content (AvgIpc) is 1.81. The maximum absolute atomic E-state index is 3.93. The summed E-state index contributed by atoms with van der Waals surface area (Å²) in [5.74, 6) is 0. The first kappa shape index (κ1) is 8.07. The number of hydrogen-bond acceptors (Lipinski definition) is 2. The molecule has 0 bridgehead atoms. The smallest absolute Gasteiger partial charge is 0.0905 e. The molecule has 0 aromatic rings. The van der Waals surface area contributed by atoms with Crippen molar-refractivity contribution in [3.05, 3.63) is 0 Å².